The summed E-state index contributed by atoms with van der Waals surface area (Å²) in [7, 11) is -2.89. The van der Waals surface area contributed by atoms with Gasteiger partial charge in [0.2, 0.25) is 0 Å². The zero-order valence-corrected chi connectivity index (χ0v) is 32.4. The highest BCUT2D eigenvalue weighted by Gasteiger charge is 2.39. The minimum absolute atomic E-state index is 0.0279. The Labute approximate surface area is 305 Å². The summed E-state index contributed by atoms with van der Waals surface area (Å²) in [6.07, 6.45) is 4.07. The molecule has 3 aromatic rings. The molecule has 0 unspecified atom stereocenters. The van der Waals surface area contributed by atoms with Gasteiger partial charge in [0.1, 0.15) is 6.61 Å². The van der Waals surface area contributed by atoms with E-state index in [-0.39, 0.29) is 35.5 Å². The molecule has 4 atom stereocenters. The molecule has 0 spiro atoms. The summed E-state index contributed by atoms with van der Waals surface area (Å²) >= 11 is 1.33. The highest BCUT2D eigenvalue weighted by molar-refractivity contribution is 8.13. The van der Waals surface area contributed by atoms with Crippen molar-refractivity contribution in [3.05, 3.63) is 121 Å². The number of fused-ring (bicyclic) bond motifs is 3. The smallest absolute Gasteiger partial charge is 0.407 e. The number of nitrogens with one attached hydrogen (secondary N) is 1. The second-order valence-corrected chi connectivity index (χ2v) is 18.7. The van der Waals surface area contributed by atoms with E-state index in [9.17, 15) is 9.59 Å². The van der Waals surface area contributed by atoms with E-state index in [1.54, 1.807) is 6.08 Å². The predicted octanol–water partition coefficient (Wildman–Crippen LogP) is 10.3. The third kappa shape index (κ3) is 11.0. The lowest BCUT2D eigenvalue weighted by atomic mass is 9.93. The van der Waals surface area contributed by atoms with Crippen molar-refractivity contribution in [2.24, 2.45) is 17.8 Å². The SMILES string of the molecule is C=CC[C@@H](O[Si](C)(C)O[C@@H](C=C)[C@H](CC(C)C)C(=O)SCc1ccccc1)[C@@H](CC(C)C)NC(=O)OCC1c2ccccc2-c2ccccc21. The number of benzene rings is 3. The number of ether oxygens (including phenoxy) is 1. The van der Waals surface area contributed by atoms with E-state index in [1.165, 1.54) is 34.0 Å². The molecule has 0 saturated carbocycles. The van der Waals surface area contributed by atoms with Crippen molar-refractivity contribution in [1.29, 1.82) is 0 Å². The molecule has 268 valence electrons. The molecule has 8 heteroatoms. The number of hydrogen-bond acceptors (Lipinski definition) is 6. The van der Waals surface area contributed by atoms with Crippen molar-refractivity contribution in [2.45, 2.75) is 90.0 Å². The van der Waals surface area contributed by atoms with Crippen LogP contribution >= 0.6 is 11.8 Å². The number of carbonyl (C=O) groups is 2. The van der Waals surface area contributed by atoms with Crippen LogP contribution in [0.1, 0.15) is 69.6 Å². The molecular weight excluding hydrogens is 659 g/mol. The Balaban J connectivity index is 1.44. The first-order valence-corrected chi connectivity index (χ1v) is 21.6. The summed E-state index contributed by atoms with van der Waals surface area (Å²) in [6, 6.07) is 26.3. The van der Waals surface area contributed by atoms with Crippen LogP contribution in [0.15, 0.2) is 104 Å². The van der Waals surface area contributed by atoms with Gasteiger partial charge in [-0.1, -0.05) is 130 Å². The minimum atomic E-state index is -2.89. The average Bonchev–Trinajstić information content (AvgIpc) is 3.41. The molecule has 0 bridgehead atoms. The van der Waals surface area contributed by atoms with Crippen LogP contribution < -0.4 is 5.32 Å². The summed E-state index contributed by atoms with van der Waals surface area (Å²) in [5, 5.41) is 3.24. The van der Waals surface area contributed by atoms with Crippen molar-refractivity contribution in [2.75, 3.05) is 6.61 Å². The summed E-state index contributed by atoms with van der Waals surface area (Å²) < 4.78 is 19.5. The van der Waals surface area contributed by atoms with Gasteiger partial charge in [0.25, 0.3) is 0 Å². The Morgan fingerprint density at radius 2 is 1.42 bits per heavy atom. The van der Waals surface area contributed by atoms with E-state index in [0.717, 1.165) is 5.56 Å². The molecule has 1 aliphatic rings. The molecule has 0 radical (unpaired) electrons. The maximum absolute atomic E-state index is 13.6. The van der Waals surface area contributed by atoms with Crippen LogP contribution in [0, 0.1) is 17.8 Å². The Morgan fingerprint density at radius 3 is 1.98 bits per heavy atom. The van der Waals surface area contributed by atoms with E-state index in [2.05, 4.69) is 70.4 Å². The molecule has 0 heterocycles. The first kappa shape index (κ1) is 39.4. The van der Waals surface area contributed by atoms with Crippen LogP contribution in [0.4, 0.5) is 4.79 Å². The topological polar surface area (TPSA) is 73.9 Å². The lowest BCUT2D eigenvalue weighted by Crippen LogP contribution is -2.52. The normalized spacial score (nSPS) is 15.1. The Bertz CT molecular complexity index is 1530. The van der Waals surface area contributed by atoms with E-state index in [0.29, 0.717) is 30.9 Å². The molecule has 1 amide bonds. The van der Waals surface area contributed by atoms with Gasteiger partial charge in [-0.2, -0.15) is 0 Å². The largest absolute Gasteiger partial charge is 0.449 e. The van der Waals surface area contributed by atoms with Gasteiger partial charge in [-0.05, 0) is 72.0 Å². The Morgan fingerprint density at radius 1 is 0.840 bits per heavy atom. The van der Waals surface area contributed by atoms with Crippen LogP contribution in [-0.4, -0.2) is 44.6 Å². The third-order valence-electron chi connectivity index (χ3n) is 8.96. The van der Waals surface area contributed by atoms with E-state index >= 15 is 0 Å². The van der Waals surface area contributed by atoms with Crippen molar-refractivity contribution in [3.8, 4) is 11.1 Å². The fourth-order valence-electron chi connectivity index (χ4n) is 6.78. The molecule has 50 heavy (non-hydrogen) atoms. The van der Waals surface area contributed by atoms with Crippen LogP contribution in [0.2, 0.25) is 13.1 Å². The fraction of sp³-hybridized carbons (Fsp3) is 0.429. The molecular formula is C42H55NO5SSi. The lowest BCUT2D eigenvalue weighted by Gasteiger charge is -2.37. The average molecular weight is 714 g/mol. The number of alkyl carbamates (subject to hydrolysis) is 1. The van der Waals surface area contributed by atoms with Crippen LogP contribution in [0.25, 0.3) is 11.1 Å². The second kappa shape index (κ2) is 18.7. The summed E-state index contributed by atoms with van der Waals surface area (Å²) in [4.78, 5) is 27.1. The molecule has 1 N–H and O–H groups in total. The van der Waals surface area contributed by atoms with E-state index in [1.807, 2.05) is 73.8 Å². The number of thioether (sulfide) groups is 1. The highest BCUT2D eigenvalue weighted by atomic mass is 32.2. The summed E-state index contributed by atoms with van der Waals surface area (Å²) in [5.74, 6) is 0.795. The van der Waals surface area contributed by atoms with E-state index in [4.69, 9.17) is 13.6 Å². The van der Waals surface area contributed by atoms with Gasteiger partial charge in [0.05, 0.1) is 24.2 Å². The third-order valence-corrected chi connectivity index (χ3v) is 11.7. The predicted molar refractivity (Wildman–Crippen MR) is 209 cm³/mol. The Kier molecular flexibility index (Phi) is 14.7. The standard InChI is InChI=1S/C42H55NO5SSi/c1-9-18-40(48-50(7,8)47-39(10-2)36(25-29(3)4)41(44)49-28-31-19-12-11-13-20-31)38(26-30(5)6)43-42(45)46-27-37-34-23-16-14-21-32(34)33-22-15-17-24-35(33)37/h9-17,19-24,29-30,36-40H,1-2,18,25-28H2,3-8H3,(H,43,45)/t36-,38+,39-,40+/m0/s1. The highest BCUT2D eigenvalue weighted by Crippen LogP contribution is 2.44. The number of amides is 1. The monoisotopic (exact) mass is 713 g/mol. The molecule has 0 aromatic heterocycles. The summed E-state index contributed by atoms with van der Waals surface area (Å²) in [5.41, 5.74) is 5.82. The zero-order chi connectivity index (χ0) is 36.3. The summed E-state index contributed by atoms with van der Waals surface area (Å²) in [6.45, 7) is 20.8. The molecule has 0 fully saturated rings. The van der Waals surface area contributed by atoms with Gasteiger partial charge in [0, 0.05) is 11.7 Å². The van der Waals surface area contributed by atoms with Gasteiger partial charge in [-0.25, -0.2) is 4.79 Å². The second-order valence-electron chi connectivity index (χ2n) is 14.4. The van der Waals surface area contributed by atoms with Gasteiger partial charge in [-0.15, -0.1) is 13.2 Å². The van der Waals surface area contributed by atoms with Crippen molar-refractivity contribution in [3.63, 3.8) is 0 Å². The molecule has 3 aromatic carbocycles. The van der Waals surface area contributed by atoms with Crippen LogP contribution in [-0.2, 0) is 24.1 Å². The first-order valence-electron chi connectivity index (χ1n) is 17.8. The van der Waals surface area contributed by atoms with Crippen molar-refractivity contribution >= 4 is 31.5 Å². The Hall–Kier alpha value is -3.43. The van der Waals surface area contributed by atoms with Crippen molar-refractivity contribution in [1.82, 2.24) is 5.32 Å². The number of hydrogen-bond donors (Lipinski definition) is 1. The molecule has 0 saturated heterocycles. The van der Waals surface area contributed by atoms with Gasteiger partial charge in [0.15, 0.2) is 5.12 Å². The van der Waals surface area contributed by atoms with Crippen LogP contribution in [0.3, 0.4) is 0 Å². The van der Waals surface area contributed by atoms with Gasteiger partial charge in [-0.3, -0.25) is 4.79 Å². The lowest BCUT2D eigenvalue weighted by molar-refractivity contribution is -0.117. The number of carbonyl (C=O) groups excluding carboxylic acids is 2. The maximum Gasteiger partial charge on any atom is 0.407 e. The zero-order valence-electron chi connectivity index (χ0n) is 30.6. The number of rotatable bonds is 19. The van der Waals surface area contributed by atoms with Gasteiger partial charge >= 0.3 is 14.7 Å². The maximum atomic E-state index is 13.6. The first-order chi connectivity index (χ1) is 23.9. The quantitative estimate of drug-likeness (QED) is 0.0985. The molecule has 0 aliphatic heterocycles. The molecule has 4 rings (SSSR count). The van der Waals surface area contributed by atoms with E-state index < -0.39 is 26.9 Å². The molecule has 1 aliphatic carbocycles. The van der Waals surface area contributed by atoms with Gasteiger partial charge < -0.3 is 18.9 Å². The van der Waals surface area contributed by atoms with Crippen molar-refractivity contribution < 1.29 is 23.2 Å². The van der Waals surface area contributed by atoms with Crippen LogP contribution in [0.5, 0.6) is 0 Å². The fourth-order valence-corrected chi connectivity index (χ4v) is 9.69. The molecule has 6 nitrogen and oxygen atoms in total. The minimum Gasteiger partial charge on any atom is -0.449 e.